The first-order valence-electron chi connectivity index (χ1n) is 7.89. The summed E-state index contributed by atoms with van der Waals surface area (Å²) in [5, 5.41) is 2.80. The molecule has 126 valence electrons. The summed E-state index contributed by atoms with van der Waals surface area (Å²) in [7, 11) is 3.85. The fraction of sp³-hybridized carbons (Fsp3) is 0.353. The summed E-state index contributed by atoms with van der Waals surface area (Å²) in [6.45, 7) is 1.20. The summed E-state index contributed by atoms with van der Waals surface area (Å²) in [4.78, 5) is 24.4. The predicted molar refractivity (Wildman–Crippen MR) is 92.4 cm³/mol. The molecule has 1 aliphatic rings. The lowest BCUT2D eigenvalue weighted by molar-refractivity contribution is 0.195. The quantitative estimate of drug-likeness (QED) is 0.932. The number of anilines is 2. The summed E-state index contributed by atoms with van der Waals surface area (Å²) in [5.41, 5.74) is 0. The van der Waals surface area contributed by atoms with Gasteiger partial charge in [0.1, 0.15) is 11.9 Å². The fourth-order valence-corrected chi connectivity index (χ4v) is 2.62. The van der Waals surface area contributed by atoms with Crippen LogP contribution < -0.4 is 15.0 Å². The smallest absolute Gasteiger partial charge is 0.323 e. The molecule has 0 spiro atoms. The number of nitrogens with one attached hydrogen (secondary N) is 1. The Morgan fingerprint density at radius 3 is 2.83 bits per heavy atom. The molecule has 1 fully saturated rings. The molecule has 1 atom stereocenters. The molecule has 7 nitrogen and oxygen atoms in total. The van der Waals surface area contributed by atoms with Crippen molar-refractivity contribution in [1.29, 1.82) is 0 Å². The van der Waals surface area contributed by atoms with Gasteiger partial charge in [-0.3, -0.25) is 5.32 Å². The molecule has 1 N–H and O–H groups in total. The maximum atomic E-state index is 12.3. The molecular formula is C17H21N5O2. The molecule has 0 unspecified atom stereocenters. The zero-order valence-electron chi connectivity index (χ0n) is 13.8. The third kappa shape index (κ3) is 3.73. The average molecular weight is 327 g/mol. The van der Waals surface area contributed by atoms with Crippen molar-refractivity contribution in [3.05, 3.63) is 42.7 Å². The standard InChI is InChI=1S/C17H21N5O2/c1-21(2)16-14(6-5-10-19-16)24-13-8-11-22(12-13)17(23)20-15-7-3-4-9-18-15/h3-7,9-10,13H,8,11-12H2,1-2H3,(H,18,20,23)/t13-/m1/s1. The number of ether oxygens (including phenoxy) is 1. The van der Waals surface area contributed by atoms with Crippen molar-refractivity contribution in [2.75, 3.05) is 37.4 Å². The van der Waals surface area contributed by atoms with Crippen molar-refractivity contribution in [3.8, 4) is 5.75 Å². The van der Waals surface area contributed by atoms with E-state index in [9.17, 15) is 4.79 Å². The number of carbonyl (C=O) groups excluding carboxylic acids is 1. The van der Waals surface area contributed by atoms with E-state index in [0.29, 0.717) is 18.9 Å². The molecule has 2 aromatic rings. The Labute approximate surface area is 141 Å². The molecule has 7 heteroatoms. The van der Waals surface area contributed by atoms with Gasteiger partial charge in [0.2, 0.25) is 0 Å². The highest BCUT2D eigenvalue weighted by molar-refractivity contribution is 5.88. The highest BCUT2D eigenvalue weighted by Crippen LogP contribution is 2.26. The van der Waals surface area contributed by atoms with Gasteiger partial charge in [0, 0.05) is 39.5 Å². The van der Waals surface area contributed by atoms with Gasteiger partial charge in [-0.05, 0) is 24.3 Å². The molecule has 24 heavy (non-hydrogen) atoms. The lowest BCUT2D eigenvalue weighted by Gasteiger charge is -2.20. The van der Waals surface area contributed by atoms with Crippen molar-refractivity contribution >= 4 is 17.7 Å². The molecule has 0 bridgehead atoms. The topological polar surface area (TPSA) is 70.6 Å². The largest absolute Gasteiger partial charge is 0.485 e. The van der Waals surface area contributed by atoms with Gasteiger partial charge in [-0.1, -0.05) is 6.07 Å². The number of urea groups is 1. The van der Waals surface area contributed by atoms with Gasteiger partial charge in [0.25, 0.3) is 0 Å². The monoisotopic (exact) mass is 327 g/mol. The number of likely N-dealkylation sites (tertiary alicyclic amines) is 1. The summed E-state index contributed by atoms with van der Waals surface area (Å²) >= 11 is 0. The number of pyridine rings is 2. The first-order valence-corrected chi connectivity index (χ1v) is 7.89. The fourth-order valence-electron chi connectivity index (χ4n) is 2.62. The lowest BCUT2D eigenvalue weighted by Crippen LogP contribution is -2.34. The molecular weight excluding hydrogens is 306 g/mol. The Kier molecular flexibility index (Phi) is 4.79. The lowest BCUT2D eigenvalue weighted by atomic mass is 10.3. The molecule has 3 heterocycles. The minimum atomic E-state index is -0.154. The predicted octanol–water partition coefficient (Wildman–Crippen LogP) is 2.23. The van der Waals surface area contributed by atoms with Crippen LogP contribution in [0.15, 0.2) is 42.7 Å². The van der Waals surface area contributed by atoms with Gasteiger partial charge in [0.15, 0.2) is 11.6 Å². The maximum Gasteiger partial charge on any atom is 0.323 e. The van der Waals surface area contributed by atoms with Crippen molar-refractivity contribution in [1.82, 2.24) is 14.9 Å². The van der Waals surface area contributed by atoms with Crippen LogP contribution in [-0.4, -0.2) is 54.2 Å². The number of amides is 2. The Morgan fingerprint density at radius 1 is 1.25 bits per heavy atom. The van der Waals surface area contributed by atoms with Crippen molar-refractivity contribution in [2.45, 2.75) is 12.5 Å². The van der Waals surface area contributed by atoms with E-state index in [4.69, 9.17) is 4.74 Å². The van der Waals surface area contributed by atoms with Gasteiger partial charge in [-0.25, -0.2) is 14.8 Å². The summed E-state index contributed by atoms with van der Waals surface area (Å²) in [6.07, 6.45) is 4.14. The highest BCUT2D eigenvalue weighted by Gasteiger charge is 2.28. The number of nitrogens with zero attached hydrogens (tertiary/aromatic N) is 4. The summed E-state index contributed by atoms with van der Waals surface area (Å²) in [6, 6.07) is 9.01. The van der Waals surface area contributed by atoms with Crippen molar-refractivity contribution < 1.29 is 9.53 Å². The van der Waals surface area contributed by atoms with E-state index in [-0.39, 0.29) is 12.1 Å². The number of rotatable bonds is 4. The Bertz CT molecular complexity index is 692. The molecule has 0 saturated carbocycles. The summed E-state index contributed by atoms with van der Waals surface area (Å²) in [5.74, 6) is 2.07. The van der Waals surface area contributed by atoms with Crippen LogP contribution in [0.1, 0.15) is 6.42 Å². The van der Waals surface area contributed by atoms with E-state index in [2.05, 4.69) is 15.3 Å². The van der Waals surface area contributed by atoms with E-state index in [1.165, 1.54) is 0 Å². The first-order chi connectivity index (χ1) is 11.6. The van der Waals surface area contributed by atoms with Crippen LogP contribution in [0.2, 0.25) is 0 Å². The second-order valence-corrected chi connectivity index (χ2v) is 5.84. The normalized spacial score (nSPS) is 16.8. The maximum absolute atomic E-state index is 12.3. The molecule has 0 radical (unpaired) electrons. The van der Waals surface area contributed by atoms with E-state index in [1.54, 1.807) is 23.4 Å². The van der Waals surface area contributed by atoms with E-state index >= 15 is 0 Å². The van der Waals surface area contributed by atoms with Crippen LogP contribution in [0.3, 0.4) is 0 Å². The minimum Gasteiger partial charge on any atom is -0.485 e. The Morgan fingerprint density at radius 2 is 2.08 bits per heavy atom. The average Bonchev–Trinajstić information content (AvgIpc) is 3.05. The van der Waals surface area contributed by atoms with E-state index in [0.717, 1.165) is 18.0 Å². The van der Waals surface area contributed by atoms with Crippen LogP contribution in [-0.2, 0) is 0 Å². The van der Waals surface area contributed by atoms with Gasteiger partial charge in [-0.15, -0.1) is 0 Å². The number of hydrogen-bond donors (Lipinski definition) is 1. The zero-order valence-corrected chi connectivity index (χ0v) is 13.8. The molecule has 3 rings (SSSR count). The third-order valence-corrected chi connectivity index (χ3v) is 3.80. The van der Waals surface area contributed by atoms with E-state index < -0.39 is 0 Å². The van der Waals surface area contributed by atoms with Crippen LogP contribution >= 0.6 is 0 Å². The molecule has 0 aromatic carbocycles. The number of carbonyl (C=O) groups is 1. The van der Waals surface area contributed by atoms with Crippen LogP contribution in [0, 0.1) is 0 Å². The van der Waals surface area contributed by atoms with Crippen molar-refractivity contribution in [3.63, 3.8) is 0 Å². The summed E-state index contributed by atoms with van der Waals surface area (Å²) < 4.78 is 6.06. The SMILES string of the molecule is CN(C)c1ncccc1O[C@@H]1CCN(C(=O)Nc2ccccn2)C1. The van der Waals surface area contributed by atoms with Crippen LogP contribution in [0.5, 0.6) is 5.75 Å². The highest BCUT2D eigenvalue weighted by atomic mass is 16.5. The van der Waals surface area contributed by atoms with Gasteiger partial charge < -0.3 is 14.5 Å². The van der Waals surface area contributed by atoms with Gasteiger partial charge in [-0.2, -0.15) is 0 Å². The van der Waals surface area contributed by atoms with Crippen molar-refractivity contribution in [2.24, 2.45) is 0 Å². The second kappa shape index (κ2) is 7.16. The van der Waals surface area contributed by atoms with E-state index in [1.807, 2.05) is 43.3 Å². The van der Waals surface area contributed by atoms with Gasteiger partial charge in [0.05, 0.1) is 6.54 Å². The minimum absolute atomic E-state index is 0.0395. The molecule has 1 aliphatic heterocycles. The van der Waals surface area contributed by atoms with Gasteiger partial charge >= 0.3 is 6.03 Å². The first kappa shape index (κ1) is 16.0. The number of hydrogen-bond acceptors (Lipinski definition) is 5. The molecule has 1 saturated heterocycles. The number of aromatic nitrogens is 2. The Hall–Kier alpha value is -2.83. The second-order valence-electron chi connectivity index (χ2n) is 5.84. The third-order valence-electron chi connectivity index (χ3n) is 3.80. The molecule has 2 amide bonds. The van der Waals surface area contributed by atoms with Crippen LogP contribution in [0.25, 0.3) is 0 Å². The zero-order chi connectivity index (χ0) is 16.9. The van der Waals surface area contributed by atoms with Crippen LogP contribution in [0.4, 0.5) is 16.4 Å². The molecule has 0 aliphatic carbocycles. The Balaban J connectivity index is 1.59. The molecule has 2 aromatic heterocycles.